The number of benzene rings is 1. The number of aliphatic hydroxyl groups is 2. The van der Waals surface area contributed by atoms with E-state index in [0.29, 0.717) is 24.3 Å². The van der Waals surface area contributed by atoms with Crippen molar-refractivity contribution in [1.29, 1.82) is 0 Å². The summed E-state index contributed by atoms with van der Waals surface area (Å²) in [6.45, 7) is 6.96. The van der Waals surface area contributed by atoms with Crippen molar-refractivity contribution in [3.63, 3.8) is 0 Å². The normalized spacial score (nSPS) is 30.7. The first-order chi connectivity index (χ1) is 27.3. The van der Waals surface area contributed by atoms with E-state index in [-0.39, 0.29) is 43.4 Å². The third-order valence-corrected chi connectivity index (χ3v) is 14.2. The van der Waals surface area contributed by atoms with Gasteiger partial charge in [-0.15, -0.1) is 0 Å². The molecule has 3 heterocycles. The minimum absolute atomic E-state index is 0.0262. The summed E-state index contributed by atoms with van der Waals surface area (Å²) in [5, 5.41) is 24.7. The predicted octanol–water partition coefficient (Wildman–Crippen LogP) is 4.68. The average molecular weight is 873 g/mol. The van der Waals surface area contributed by atoms with Crippen LogP contribution < -0.4 is 15.0 Å². The molecule has 0 radical (unpaired) electrons. The van der Waals surface area contributed by atoms with Crippen molar-refractivity contribution in [2.75, 3.05) is 59.8 Å². The smallest absolute Gasteiger partial charge is 0.409 e. The number of rotatable bonds is 13. The number of anilines is 1. The monoisotopic (exact) mass is 871 g/mol. The quantitative estimate of drug-likeness (QED) is 0.141. The predicted molar refractivity (Wildman–Crippen MR) is 223 cm³/mol. The molecule has 3 N–H and O–H groups in total. The van der Waals surface area contributed by atoms with Crippen molar-refractivity contribution in [1.82, 2.24) is 10.2 Å². The molecule has 0 saturated carbocycles. The molecule has 1 unspecified atom stereocenters. The Labute approximate surface area is 353 Å². The Balaban J connectivity index is 1.70. The highest BCUT2D eigenvalue weighted by Gasteiger charge is 2.64. The van der Waals surface area contributed by atoms with Crippen LogP contribution in [0, 0.1) is 5.92 Å². The second kappa shape index (κ2) is 20.0. The molecule has 0 aliphatic carbocycles. The standard InChI is InChI=1S/C40H58ClN3O12S2/c1-23-12-11-13-30(53-9)40(50)20-29(54-37(49)42-40)24(2)35-38(4,56-35)31(19-33(47)44(6)27-17-26(16-23)18-28(52-8)34(27)41)55-36(48)25(3)43(5)32(46)14-15-39(21-45,22-51-7)58-57-10/h11-13,17-18,24-25,29-31,35,45,50H,14-16,19-22H2,1-10H3,(H,42,49)/b13-11+,23-12+/t24-,25+,29+,30-,31+,35+,38+,39?,40+/m1/s1. The fourth-order valence-electron chi connectivity index (χ4n) is 7.46. The second-order valence-corrected chi connectivity index (χ2v) is 18.7. The zero-order chi connectivity index (χ0) is 43.2. The van der Waals surface area contributed by atoms with Crippen LogP contribution in [0.25, 0.3) is 0 Å². The average Bonchev–Trinajstić information content (AvgIpc) is 3.88. The van der Waals surface area contributed by atoms with Crippen LogP contribution in [-0.4, -0.2) is 140 Å². The van der Waals surface area contributed by atoms with Gasteiger partial charge in [-0.3, -0.25) is 14.9 Å². The zero-order valence-electron chi connectivity index (χ0n) is 34.9. The number of nitrogens with one attached hydrogen (secondary N) is 1. The number of esters is 1. The molecule has 2 fully saturated rings. The third kappa shape index (κ3) is 10.8. The number of epoxide rings is 1. The summed E-state index contributed by atoms with van der Waals surface area (Å²) in [4.78, 5) is 57.2. The van der Waals surface area contributed by atoms with E-state index in [9.17, 15) is 29.4 Å². The lowest BCUT2D eigenvalue weighted by Gasteiger charge is -2.42. The highest BCUT2D eigenvalue weighted by Crippen LogP contribution is 2.49. The van der Waals surface area contributed by atoms with Crippen LogP contribution in [0.4, 0.5) is 10.5 Å². The van der Waals surface area contributed by atoms with E-state index in [1.807, 2.05) is 19.3 Å². The molecule has 3 aliphatic rings. The molecule has 0 spiro atoms. The van der Waals surface area contributed by atoms with Crippen molar-refractivity contribution in [2.45, 2.75) is 106 Å². The molecule has 1 aromatic carbocycles. The van der Waals surface area contributed by atoms with Crippen molar-refractivity contribution >= 4 is 62.8 Å². The van der Waals surface area contributed by atoms with E-state index < -0.39 is 70.4 Å². The van der Waals surface area contributed by atoms with Gasteiger partial charge in [0.05, 0.1) is 43.3 Å². The van der Waals surface area contributed by atoms with E-state index in [1.165, 1.54) is 66.7 Å². The number of fused-ring (bicyclic) bond motifs is 5. The number of alkyl carbamates (subject to hydrolysis) is 1. The molecule has 4 bridgehead atoms. The van der Waals surface area contributed by atoms with Crippen LogP contribution in [-0.2, 0) is 44.5 Å². The number of ether oxygens (including phenoxy) is 6. The lowest BCUT2D eigenvalue weighted by molar-refractivity contribution is -0.162. The molecular weight excluding hydrogens is 814 g/mol. The van der Waals surface area contributed by atoms with Gasteiger partial charge >= 0.3 is 12.1 Å². The van der Waals surface area contributed by atoms with Gasteiger partial charge < -0.3 is 48.4 Å². The van der Waals surface area contributed by atoms with Gasteiger partial charge in [0.1, 0.15) is 40.7 Å². The number of halogens is 1. The highest BCUT2D eigenvalue weighted by atomic mass is 35.5. The Morgan fingerprint density at radius 2 is 1.95 bits per heavy atom. The number of hydrogen-bond donors (Lipinski definition) is 3. The molecule has 324 valence electrons. The fraction of sp³-hybridized carbons (Fsp3) is 0.650. The van der Waals surface area contributed by atoms with Crippen LogP contribution in [0.5, 0.6) is 5.75 Å². The molecule has 58 heavy (non-hydrogen) atoms. The first kappa shape index (κ1) is 47.6. The lowest BCUT2D eigenvalue weighted by atomic mass is 9.83. The van der Waals surface area contributed by atoms with Crippen molar-refractivity contribution in [2.24, 2.45) is 5.92 Å². The van der Waals surface area contributed by atoms with Gasteiger partial charge in [-0.25, -0.2) is 9.59 Å². The molecule has 3 amide bonds. The van der Waals surface area contributed by atoms with Gasteiger partial charge in [-0.2, -0.15) is 0 Å². The van der Waals surface area contributed by atoms with Crippen molar-refractivity contribution in [3.8, 4) is 5.75 Å². The van der Waals surface area contributed by atoms with Gasteiger partial charge in [-0.05, 0) is 57.6 Å². The number of likely N-dealkylation sites (N-methyl/N-ethyl adjacent to an activating group) is 1. The molecule has 4 rings (SSSR count). The first-order valence-corrected chi connectivity index (χ1v) is 21.9. The number of aliphatic hydroxyl groups excluding tert-OH is 1. The summed E-state index contributed by atoms with van der Waals surface area (Å²) in [5.41, 5.74) is -1.02. The van der Waals surface area contributed by atoms with E-state index in [1.54, 1.807) is 45.2 Å². The largest absolute Gasteiger partial charge is 0.495 e. The highest BCUT2D eigenvalue weighted by molar-refractivity contribution is 8.77. The summed E-state index contributed by atoms with van der Waals surface area (Å²) >= 11 is 6.78. The molecular formula is C40H58ClN3O12S2. The van der Waals surface area contributed by atoms with Gasteiger partial charge in [0, 0.05) is 47.1 Å². The molecule has 2 saturated heterocycles. The van der Waals surface area contributed by atoms with Gasteiger partial charge in [-0.1, -0.05) is 63.9 Å². The minimum atomic E-state index is -1.85. The van der Waals surface area contributed by atoms with Crippen molar-refractivity contribution in [3.05, 3.63) is 46.5 Å². The van der Waals surface area contributed by atoms with Crippen LogP contribution in [0.2, 0.25) is 5.02 Å². The van der Waals surface area contributed by atoms with E-state index >= 15 is 0 Å². The SMILES string of the molecule is COCC(CO)(CCC(=O)N(C)[C@@H](C)C(=O)O[C@H]1CC(=O)N(C)c2cc(cc(OC)c2Cl)C/C(C)=C/C=C/[C@@H](OC)[C@@]2(O)C[C@H](OC(=O)N2)[C@@H](C)[C@@H]2O[C@@]12C)SSC. The molecule has 15 nitrogen and oxygen atoms in total. The van der Waals surface area contributed by atoms with Crippen LogP contribution in [0.15, 0.2) is 35.9 Å². The Kier molecular flexibility index (Phi) is 16.4. The molecule has 3 aliphatic heterocycles. The topological polar surface area (TPSA) is 186 Å². The van der Waals surface area contributed by atoms with Gasteiger partial charge in [0.25, 0.3) is 0 Å². The van der Waals surface area contributed by atoms with Crippen LogP contribution >= 0.6 is 33.2 Å². The number of nitrogens with zero attached hydrogens (tertiary/aromatic N) is 2. The summed E-state index contributed by atoms with van der Waals surface area (Å²) in [5.74, 6) is -1.79. The van der Waals surface area contributed by atoms with E-state index in [0.717, 1.165) is 11.1 Å². The summed E-state index contributed by atoms with van der Waals surface area (Å²) in [6.07, 6.45) is 2.90. The number of carbonyl (C=O) groups is 4. The number of carbonyl (C=O) groups excluding carboxylic acids is 4. The fourth-order valence-corrected chi connectivity index (χ4v) is 10.1. The molecule has 9 atom stereocenters. The Hall–Kier alpha value is -3.03. The second-order valence-electron chi connectivity index (χ2n) is 15.4. The Morgan fingerprint density at radius 3 is 2.57 bits per heavy atom. The lowest BCUT2D eigenvalue weighted by Crippen LogP contribution is -2.63. The number of allylic oxidation sites excluding steroid dienone is 3. The first-order valence-electron chi connectivity index (χ1n) is 19.0. The Morgan fingerprint density at radius 1 is 1.24 bits per heavy atom. The Bertz CT molecular complexity index is 1730. The van der Waals surface area contributed by atoms with Gasteiger partial charge in [0.15, 0.2) is 5.72 Å². The van der Waals surface area contributed by atoms with E-state index in [4.69, 9.17) is 40.0 Å². The summed E-state index contributed by atoms with van der Waals surface area (Å²) < 4.78 is 33.9. The van der Waals surface area contributed by atoms with Crippen LogP contribution in [0.1, 0.15) is 58.9 Å². The van der Waals surface area contributed by atoms with Gasteiger partial charge in [0.2, 0.25) is 11.8 Å². The summed E-state index contributed by atoms with van der Waals surface area (Å²) in [7, 11) is 10.4. The maximum Gasteiger partial charge on any atom is 0.409 e. The molecule has 1 aromatic rings. The van der Waals surface area contributed by atoms with Crippen molar-refractivity contribution < 1.29 is 57.8 Å². The summed E-state index contributed by atoms with van der Waals surface area (Å²) in [6, 6.07) is 2.50. The van der Waals surface area contributed by atoms with Crippen LogP contribution in [0.3, 0.4) is 0 Å². The maximum absolute atomic E-state index is 14.2. The number of methoxy groups -OCH3 is 3. The minimum Gasteiger partial charge on any atom is -0.495 e. The number of hydrogen-bond acceptors (Lipinski definition) is 14. The van der Waals surface area contributed by atoms with E-state index in [2.05, 4.69) is 5.32 Å². The molecule has 0 aromatic heterocycles. The molecule has 18 heteroatoms. The maximum atomic E-state index is 14.2. The third-order valence-electron chi connectivity index (χ3n) is 11.3. The number of amides is 3. The zero-order valence-corrected chi connectivity index (χ0v) is 37.3.